The second kappa shape index (κ2) is 11.7. The van der Waals surface area contributed by atoms with E-state index in [4.69, 9.17) is 4.74 Å². The molecule has 4 heterocycles. The second-order valence-electron chi connectivity index (χ2n) is 10.0. The number of hydrogen-bond acceptors (Lipinski definition) is 6. The molecular formula is C28H31F3N6O3. The van der Waals surface area contributed by atoms with Crippen molar-refractivity contribution in [2.24, 2.45) is 0 Å². The number of carbonyl (C=O) groups is 2. The first-order valence-corrected chi connectivity index (χ1v) is 13.4. The minimum Gasteiger partial charge on any atom is -0.488 e. The number of para-hydroxylation sites is 1. The average Bonchev–Trinajstić information content (AvgIpc) is 3.14. The van der Waals surface area contributed by atoms with Gasteiger partial charge in [-0.2, -0.15) is 13.2 Å². The van der Waals surface area contributed by atoms with Crippen LogP contribution in [-0.2, 0) is 11.0 Å². The fourth-order valence-electron chi connectivity index (χ4n) is 5.31. The van der Waals surface area contributed by atoms with E-state index in [2.05, 4.69) is 27.2 Å². The minimum absolute atomic E-state index is 0.00109. The number of likely N-dealkylation sites (tertiary alicyclic amines) is 1. The van der Waals surface area contributed by atoms with E-state index in [-0.39, 0.29) is 29.6 Å². The third-order valence-electron chi connectivity index (χ3n) is 7.29. The van der Waals surface area contributed by atoms with Gasteiger partial charge in [0.15, 0.2) is 0 Å². The number of hydrogen-bond donors (Lipinski definition) is 2. The van der Waals surface area contributed by atoms with Crippen molar-refractivity contribution in [3.05, 3.63) is 60.4 Å². The number of carbonyl (C=O) groups excluding carboxylic acids is 2. The molecule has 0 bridgehead atoms. The molecule has 212 valence electrons. The molecule has 9 nitrogen and oxygen atoms in total. The molecule has 2 aromatic heterocycles. The van der Waals surface area contributed by atoms with Crippen molar-refractivity contribution >= 4 is 28.8 Å². The zero-order valence-electron chi connectivity index (χ0n) is 21.9. The number of rotatable bonds is 6. The van der Waals surface area contributed by atoms with Crippen molar-refractivity contribution < 1.29 is 27.5 Å². The molecule has 0 aliphatic carbocycles. The number of halogens is 3. The van der Waals surface area contributed by atoms with Gasteiger partial charge in [0.25, 0.3) is 5.91 Å². The predicted molar refractivity (Wildman–Crippen MR) is 143 cm³/mol. The molecule has 1 unspecified atom stereocenters. The van der Waals surface area contributed by atoms with Gasteiger partial charge in [-0.15, -0.1) is 0 Å². The number of fused-ring (bicyclic) bond motifs is 1. The largest absolute Gasteiger partial charge is 0.488 e. The SMILES string of the molecule is C=CC(=O)N1CCCCC(n2c(NC(=O)c3ccnc(C(F)(F)F)c3)nc3cccc(OC4CCNCC4)c32)C1. The number of imidazole rings is 1. The molecule has 2 fully saturated rings. The van der Waals surface area contributed by atoms with Crippen molar-refractivity contribution in [2.45, 2.75) is 50.4 Å². The number of alkyl halides is 3. The van der Waals surface area contributed by atoms with Gasteiger partial charge in [-0.05, 0) is 75.5 Å². The van der Waals surface area contributed by atoms with Gasteiger partial charge in [0.1, 0.15) is 23.1 Å². The van der Waals surface area contributed by atoms with Gasteiger partial charge >= 0.3 is 6.18 Å². The molecule has 1 aromatic carbocycles. The van der Waals surface area contributed by atoms with E-state index in [1.807, 2.05) is 16.7 Å². The first-order valence-electron chi connectivity index (χ1n) is 13.4. The number of pyridine rings is 1. The van der Waals surface area contributed by atoms with E-state index in [0.29, 0.717) is 42.4 Å². The van der Waals surface area contributed by atoms with E-state index < -0.39 is 17.8 Å². The number of nitrogens with zero attached hydrogens (tertiary/aromatic N) is 4. The maximum atomic E-state index is 13.2. The van der Waals surface area contributed by atoms with Gasteiger partial charge in [-0.1, -0.05) is 12.6 Å². The van der Waals surface area contributed by atoms with Crippen molar-refractivity contribution in [1.29, 1.82) is 0 Å². The summed E-state index contributed by atoms with van der Waals surface area (Å²) in [5.74, 6) is -0.168. The fraction of sp³-hybridized carbons (Fsp3) is 0.429. The first kappa shape index (κ1) is 27.6. The number of aromatic nitrogens is 3. The third kappa shape index (κ3) is 5.96. The summed E-state index contributed by atoms with van der Waals surface area (Å²) in [6.45, 7) is 6.23. The molecule has 2 aliphatic heterocycles. The van der Waals surface area contributed by atoms with Gasteiger partial charge < -0.3 is 19.5 Å². The highest BCUT2D eigenvalue weighted by Gasteiger charge is 2.33. The van der Waals surface area contributed by atoms with Crippen molar-refractivity contribution in [1.82, 2.24) is 24.8 Å². The summed E-state index contributed by atoms with van der Waals surface area (Å²) in [6, 6.07) is 7.14. The molecule has 0 saturated carbocycles. The lowest BCUT2D eigenvalue weighted by atomic mass is 10.1. The van der Waals surface area contributed by atoms with Crippen molar-refractivity contribution in [3.8, 4) is 5.75 Å². The Labute approximate surface area is 229 Å². The van der Waals surface area contributed by atoms with Crippen LogP contribution in [-0.4, -0.2) is 63.5 Å². The van der Waals surface area contributed by atoms with Gasteiger partial charge in [-0.3, -0.25) is 19.9 Å². The summed E-state index contributed by atoms with van der Waals surface area (Å²) in [4.78, 5) is 35.5. The molecule has 5 rings (SSSR count). The van der Waals surface area contributed by atoms with Crippen LogP contribution in [0, 0.1) is 0 Å². The summed E-state index contributed by atoms with van der Waals surface area (Å²) in [6.07, 6.45) is 1.55. The normalized spacial score (nSPS) is 18.8. The summed E-state index contributed by atoms with van der Waals surface area (Å²) in [5, 5.41) is 6.05. The Bertz CT molecular complexity index is 1400. The van der Waals surface area contributed by atoms with Gasteiger partial charge in [0.2, 0.25) is 11.9 Å². The lowest BCUT2D eigenvalue weighted by Gasteiger charge is -2.28. The first-order chi connectivity index (χ1) is 19.2. The van der Waals surface area contributed by atoms with E-state index in [1.54, 1.807) is 11.0 Å². The van der Waals surface area contributed by atoms with Crippen LogP contribution < -0.4 is 15.4 Å². The minimum atomic E-state index is -4.69. The van der Waals surface area contributed by atoms with Crippen LogP contribution in [0.4, 0.5) is 19.1 Å². The Kier molecular flexibility index (Phi) is 8.06. The molecular weight excluding hydrogens is 525 g/mol. The number of piperidine rings is 1. The molecule has 2 saturated heterocycles. The molecule has 2 N–H and O–H groups in total. The molecule has 0 radical (unpaired) electrons. The Morgan fingerprint density at radius 1 is 1.15 bits per heavy atom. The lowest BCUT2D eigenvalue weighted by Crippen LogP contribution is -2.35. The number of amides is 2. The number of ether oxygens (including phenoxy) is 1. The van der Waals surface area contributed by atoms with Crippen LogP contribution in [0.15, 0.2) is 49.2 Å². The van der Waals surface area contributed by atoms with E-state index in [0.717, 1.165) is 45.0 Å². The number of benzene rings is 1. The standard InChI is InChI=1S/C28H31F3N6O3/c1-2-24(38)36-15-4-3-6-19(17-36)37-25-21(7-5-8-22(25)40-20-10-12-32-13-11-20)34-27(37)35-26(39)18-9-14-33-23(16-18)28(29,30)31/h2,5,7-9,14,16,19-20,32H,1,3-4,6,10-13,15,17H2,(H,34,35,39). The quantitative estimate of drug-likeness (QED) is 0.432. The fourth-order valence-corrected chi connectivity index (χ4v) is 5.31. The monoisotopic (exact) mass is 556 g/mol. The zero-order chi connectivity index (χ0) is 28.3. The van der Waals surface area contributed by atoms with E-state index >= 15 is 0 Å². The Morgan fingerprint density at radius 3 is 2.70 bits per heavy atom. The van der Waals surface area contributed by atoms with Crippen molar-refractivity contribution in [3.63, 3.8) is 0 Å². The van der Waals surface area contributed by atoms with Crippen LogP contribution in [0.25, 0.3) is 11.0 Å². The smallest absolute Gasteiger partial charge is 0.433 e. The number of anilines is 1. The van der Waals surface area contributed by atoms with Gasteiger partial charge in [-0.25, -0.2) is 4.98 Å². The molecule has 3 aromatic rings. The predicted octanol–water partition coefficient (Wildman–Crippen LogP) is 4.57. The maximum Gasteiger partial charge on any atom is 0.433 e. The summed E-state index contributed by atoms with van der Waals surface area (Å²) in [7, 11) is 0. The third-order valence-corrected chi connectivity index (χ3v) is 7.29. The lowest BCUT2D eigenvalue weighted by molar-refractivity contribution is -0.141. The maximum absolute atomic E-state index is 13.2. The molecule has 1 atom stereocenters. The Hall–Kier alpha value is -3.93. The molecule has 12 heteroatoms. The molecule has 0 spiro atoms. The molecule has 2 amide bonds. The molecule has 2 aliphatic rings. The summed E-state index contributed by atoms with van der Waals surface area (Å²) < 4.78 is 48.0. The summed E-state index contributed by atoms with van der Waals surface area (Å²) in [5.41, 5.74) is -0.122. The zero-order valence-corrected chi connectivity index (χ0v) is 21.9. The molecule has 40 heavy (non-hydrogen) atoms. The number of nitrogens with one attached hydrogen (secondary N) is 2. The van der Waals surface area contributed by atoms with Crippen LogP contribution >= 0.6 is 0 Å². The van der Waals surface area contributed by atoms with E-state index in [9.17, 15) is 22.8 Å². The highest BCUT2D eigenvalue weighted by Crippen LogP contribution is 2.36. The average molecular weight is 557 g/mol. The van der Waals surface area contributed by atoms with E-state index in [1.165, 1.54) is 12.1 Å². The Morgan fingerprint density at radius 2 is 1.95 bits per heavy atom. The Balaban J connectivity index is 1.57. The topological polar surface area (TPSA) is 101 Å². The van der Waals surface area contributed by atoms with Gasteiger partial charge in [0, 0.05) is 24.8 Å². The van der Waals surface area contributed by atoms with Crippen LogP contribution in [0.5, 0.6) is 5.75 Å². The highest BCUT2D eigenvalue weighted by atomic mass is 19.4. The van der Waals surface area contributed by atoms with Crippen LogP contribution in [0.2, 0.25) is 0 Å². The van der Waals surface area contributed by atoms with Crippen molar-refractivity contribution in [2.75, 3.05) is 31.5 Å². The van der Waals surface area contributed by atoms with Gasteiger partial charge in [0.05, 0.1) is 11.6 Å². The highest BCUT2D eigenvalue weighted by molar-refractivity contribution is 6.04. The van der Waals surface area contributed by atoms with Crippen LogP contribution in [0.1, 0.15) is 54.2 Å². The second-order valence-corrected chi connectivity index (χ2v) is 10.0. The van der Waals surface area contributed by atoms with Crippen LogP contribution in [0.3, 0.4) is 0 Å². The summed E-state index contributed by atoms with van der Waals surface area (Å²) >= 11 is 0.